The molecule has 2 rings (SSSR count). The summed E-state index contributed by atoms with van der Waals surface area (Å²) in [5.74, 6) is 3.18. The summed E-state index contributed by atoms with van der Waals surface area (Å²) in [5.41, 5.74) is 0.451. The molecule has 0 saturated heterocycles. The van der Waals surface area contributed by atoms with E-state index >= 15 is 0 Å². The molecule has 0 radical (unpaired) electrons. The van der Waals surface area contributed by atoms with E-state index < -0.39 is 0 Å². The van der Waals surface area contributed by atoms with Crippen LogP contribution in [0.25, 0.3) is 0 Å². The van der Waals surface area contributed by atoms with Crippen LogP contribution in [0.5, 0.6) is 11.5 Å². The van der Waals surface area contributed by atoms with Crippen molar-refractivity contribution in [2.45, 2.75) is 0 Å². The van der Waals surface area contributed by atoms with E-state index in [1.165, 1.54) is 0 Å². The maximum atomic E-state index is 11.7. The summed E-state index contributed by atoms with van der Waals surface area (Å²) >= 11 is 0. The highest BCUT2D eigenvalue weighted by atomic mass is 16.6. The second kappa shape index (κ2) is 4.58. The molecule has 1 heterocycles. The standard InChI is InChI=1S/C12H11NO3/c1-2-6-13-12(14)9-4-3-5-10-11(9)16-8-7-15-10/h1,3-5H,6-8H2,(H,13,14). The Morgan fingerprint density at radius 1 is 1.44 bits per heavy atom. The second-order valence-corrected chi connectivity index (χ2v) is 3.22. The first-order valence-corrected chi connectivity index (χ1v) is 4.93. The number of amides is 1. The van der Waals surface area contributed by atoms with E-state index in [4.69, 9.17) is 15.9 Å². The van der Waals surface area contributed by atoms with Gasteiger partial charge in [-0.2, -0.15) is 0 Å². The van der Waals surface area contributed by atoms with Gasteiger partial charge in [-0.15, -0.1) is 6.42 Å². The van der Waals surface area contributed by atoms with Gasteiger partial charge in [-0.1, -0.05) is 12.0 Å². The number of para-hydroxylation sites is 1. The van der Waals surface area contributed by atoms with Gasteiger partial charge >= 0.3 is 0 Å². The number of carbonyl (C=O) groups excluding carboxylic acids is 1. The van der Waals surface area contributed by atoms with Gasteiger partial charge in [0.25, 0.3) is 5.91 Å². The zero-order valence-corrected chi connectivity index (χ0v) is 8.66. The van der Waals surface area contributed by atoms with Gasteiger partial charge in [0.2, 0.25) is 0 Å². The lowest BCUT2D eigenvalue weighted by Crippen LogP contribution is -2.26. The molecular weight excluding hydrogens is 206 g/mol. The number of hydrogen-bond acceptors (Lipinski definition) is 3. The molecule has 1 amide bonds. The molecule has 0 unspecified atom stereocenters. The minimum absolute atomic E-state index is 0.198. The van der Waals surface area contributed by atoms with Crippen molar-refractivity contribution in [1.82, 2.24) is 5.32 Å². The van der Waals surface area contributed by atoms with Crippen molar-refractivity contribution in [3.05, 3.63) is 23.8 Å². The first-order chi connectivity index (χ1) is 7.83. The molecule has 4 heteroatoms. The van der Waals surface area contributed by atoms with E-state index in [2.05, 4.69) is 11.2 Å². The summed E-state index contributed by atoms with van der Waals surface area (Å²) in [5, 5.41) is 2.59. The Labute approximate surface area is 93.6 Å². The van der Waals surface area contributed by atoms with E-state index in [9.17, 15) is 4.79 Å². The Balaban J connectivity index is 2.27. The van der Waals surface area contributed by atoms with Crippen molar-refractivity contribution in [3.8, 4) is 23.8 Å². The third-order valence-electron chi connectivity index (χ3n) is 2.16. The molecule has 0 spiro atoms. The van der Waals surface area contributed by atoms with Crippen LogP contribution in [0.1, 0.15) is 10.4 Å². The SMILES string of the molecule is C#CCNC(=O)c1cccc2c1OCCO2. The fourth-order valence-electron chi connectivity index (χ4n) is 1.48. The topological polar surface area (TPSA) is 47.6 Å². The van der Waals surface area contributed by atoms with Gasteiger partial charge in [-0.25, -0.2) is 0 Å². The molecule has 0 atom stereocenters. The summed E-state index contributed by atoms with van der Waals surface area (Å²) in [4.78, 5) is 11.7. The van der Waals surface area contributed by atoms with Crippen molar-refractivity contribution >= 4 is 5.91 Å². The second-order valence-electron chi connectivity index (χ2n) is 3.22. The quantitative estimate of drug-likeness (QED) is 0.746. The minimum Gasteiger partial charge on any atom is -0.486 e. The molecule has 1 N–H and O–H groups in total. The smallest absolute Gasteiger partial charge is 0.255 e. The molecule has 0 fully saturated rings. The molecular formula is C12H11NO3. The highest BCUT2D eigenvalue weighted by Gasteiger charge is 2.19. The van der Waals surface area contributed by atoms with Crippen LogP contribution in [-0.4, -0.2) is 25.7 Å². The number of rotatable bonds is 2. The summed E-state index contributed by atoms with van der Waals surface area (Å²) in [6.45, 7) is 1.15. The summed E-state index contributed by atoms with van der Waals surface area (Å²) < 4.78 is 10.8. The van der Waals surface area contributed by atoms with Crippen LogP contribution in [0.15, 0.2) is 18.2 Å². The average molecular weight is 217 g/mol. The van der Waals surface area contributed by atoms with Crippen LogP contribution in [0.2, 0.25) is 0 Å². The first kappa shape index (κ1) is 10.4. The number of carbonyl (C=O) groups is 1. The zero-order chi connectivity index (χ0) is 11.4. The van der Waals surface area contributed by atoms with Gasteiger partial charge in [0, 0.05) is 0 Å². The van der Waals surface area contributed by atoms with Crippen molar-refractivity contribution < 1.29 is 14.3 Å². The molecule has 0 aromatic heterocycles. The molecule has 1 aromatic rings. The lowest BCUT2D eigenvalue weighted by atomic mass is 10.1. The van der Waals surface area contributed by atoms with Gasteiger partial charge < -0.3 is 14.8 Å². The fraction of sp³-hybridized carbons (Fsp3) is 0.250. The molecule has 0 bridgehead atoms. The molecule has 16 heavy (non-hydrogen) atoms. The van der Waals surface area contributed by atoms with Gasteiger partial charge in [-0.05, 0) is 12.1 Å². The van der Waals surface area contributed by atoms with Crippen LogP contribution in [0.3, 0.4) is 0 Å². The lowest BCUT2D eigenvalue weighted by molar-refractivity contribution is 0.0947. The van der Waals surface area contributed by atoms with Crippen molar-refractivity contribution in [1.29, 1.82) is 0 Å². The van der Waals surface area contributed by atoms with E-state index in [-0.39, 0.29) is 12.5 Å². The van der Waals surface area contributed by atoms with Crippen molar-refractivity contribution in [2.75, 3.05) is 19.8 Å². The normalized spacial score (nSPS) is 12.7. The third kappa shape index (κ3) is 1.94. The van der Waals surface area contributed by atoms with Gasteiger partial charge in [0.1, 0.15) is 13.2 Å². The number of hydrogen-bond donors (Lipinski definition) is 1. The molecule has 1 aliphatic heterocycles. The van der Waals surface area contributed by atoms with Crippen molar-refractivity contribution in [2.24, 2.45) is 0 Å². The minimum atomic E-state index is -0.250. The molecule has 0 saturated carbocycles. The largest absolute Gasteiger partial charge is 0.486 e. The molecule has 1 aromatic carbocycles. The number of fused-ring (bicyclic) bond motifs is 1. The monoisotopic (exact) mass is 217 g/mol. The predicted molar refractivity (Wildman–Crippen MR) is 58.6 cm³/mol. The van der Waals surface area contributed by atoms with E-state index in [0.29, 0.717) is 30.3 Å². The first-order valence-electron chi connectivity index (χ1n) is 4.93. The van der Waals surface area contributed by atoms with Crippen LogP contribution in [-0.2, 0) is 0 Å². The number of ether oxygens (including phenoxy) is 2. The molecule has 4 nitrogen and oxygen atoms in total. The lowest BCUT2D eigenvalue weighted by Gasteiger charge is -2.20. The zero-order valence-electron chi connectivity index (χ0n) is 8.66. The van der Waals surface area contributed by atoms with Crippen LogP contribution < -0.4 is 14.8 Å². The van der Waals surface area contributed by atoms with Gasteiger partial charge in [0.15, 0.2) is 11.5 Å². The maximum Gasteiger partial charge on any atom is 0.255 e. The Morgan fingerprint density at radius 2 is 2.25 bits per heavy atom. The van der Waals surface area contributed by atoms with Crippen LogP contribution in [0, 0.1) is 12.3 Å². The number of nitrogens with one attached hydrogen (secondary N) is 1. The van der Waals surface area contributed by atoms with Gasteiger partial charge in [-0.3, -0.25) is 4.79 Å². The fourth-order valence-corrected chi connectivity index (χ4v) is 1.48. The highest BCUT2D eigenvalue weighted by Crippen LogP contribution is 2.33. The van der Waals surface area contributed by atoms with E-state index in [0.717, 1.165) is 0 Å². The third-order valence-corrected chi connectivity index (χ3v) is 2.16. The van der Waals surface area contributed by atoms with Crippen LogP contribution in [0.4, 0.5) is 0 Å². The Morgan fingerprint density at radius 3 is 3.06 bits per heavy atom. The van der Waals surface area contributed by atoms with Crippen LogP contribution >= 0.6 is 0 Å². The van der Waals surface area contributed by atoms with E-state index in [1.807, 2.05) is 0 Å². The molecule has 0 aliphatic carbocycles. The van der Waals surface area contributed by atoms with Crippen molar-refractivity contribution in [3.63, 3.8) is 0 Å². The average Bonchev–Trinajstić information content (AvgIpc) is 2.35. The maximum absolute atomic E-state index is 11.7. The Bertz CT molecular complexity index is 448. The van der Waals surface area contributed by atoms with Gasteiger partial charge in [0.05, 0.1) is 12.1 Å². The highest BCUT2D eigenvalue weighted by molar-refractivity contribution is 5.98. The number of benzene rings is 1. The Hall–Kier alpha value is -2.15. The summed E-state index contributed by atoms with van der Waals surface area (Å²) in [6.07, 6.45) is 5.07. The predicted octanol–water partition coefficient (Wildman–Crippen LogP) is 0.821. The van der Waals surface area contributed by atoms with E-state index in [1.54, 1.807) is 18.2 Å². The summed E-state index contributed by atoms with van der Waals surface area (Å²) in [6, 6.07) is 5.20. The summed E-state index contributed by atoms with van der Waals surface area (Å²) in [7, 11) is 0. The number of terminal acetylenes is 1. The molecule has 1 aliphatic rings. The molecule has 82 valence electrons. The Kier molecular flexibility index (Phi) is 2.97.